The summed E-state index contributed by atoms with van der Waals surface area (Å²) in [5.74, 6) is -0.287. The Hall–Kier alpha value is -1.86. The number of amides is 1. The van der Waals surface area contributed by atoms with Gasteiger partial charge in [-0.15, -0.1) is 0 Å². The van der Waals surface area contributed by atoms with E-state index in [1.807, 2.05) is 0 Å². The van der Waals surface area contributed by atoms with Gasteiger partial charge in [0, 0.05) is 18.9 Å². The molecule has 1 aromatic heterocycles. The van der Waals surface area contributed by atoms with Gasteiger partial charge in [0.05, 0.1) is 23.7 Å². The Morgan fingerprint density at radius 3 is 3.16 bits per heavy atom. The third-order valence-corrected chi connectivity index (χ3v) is 3.10. The lowest BCUT2D eigenvalue weighted by atomic mass is 10.2. The van der Waals surface area contributed by atoms with Crippen LogP contribution in [0.25, 0.3) is 0 Å². The monoisotopic (exact) mass is 284 g/mol. The molecule has 1 fully saturated rings. The lowest BCUT2D eigenvalue weighted by molar-refractivity contribution is 0.00676. The van der Waals surface area contributed by atoms with E-state index in [1.54, 1.807) is 11.0 Å². The summed E-state index contributed by atoms with van der Waals surface area (Å²) in [6, 6.07) is 1.55. The molecule has 1 amide bonds. The quantitative estimate of drug-likeness (QED) is 0.352. The highest BCUT2D eigenvalue weighted by molar-refractivity contribution is 6.33. The van der Waals surface area contributed by atoms with Crippen molar-refractivity contribution in [3.8, 4) is 0 Å². The summed E-state index contributed by atoms with van der Waals surface area (Å²) in [6.07, 6.45) is 2.31. The molecule has 0 saturated carbocycles. The van der Waals surface area contributed by atoms with E-state index >= 15 is 0 Å². The number of carbonyl (C=O) groups excluding carboxylic acids is 1. The van der Waals surface area contributed by atoms with Crippen LogP contribution in [0.3, 0.4) is 0 Å². The van der Waals surface area contributed by atoms with Gasteiger partial charge in [0.25, 0.3) is 5.91 Å². The van der Waals surface area contributed by atoms with Crippen molar-refractivity contribution in [2.24, 2.45) is 10.9 Å². The summed E-state index contributed by atoms with van der Waals surface area (Å²) in [6.45, 7) is 0.954. The highest BCUT2D eigenvalue weighted by atomic mass is 35.5. The summed E-state index contributed by atoms with van der Waals surface area (Å²) < 4.78 is 5.32. The van der Waals surface area contributed by atoms with Crippen LogP contribution >= 0.6 is 11.6 Å². The molecule has 102 valence electrons. The van der Waals surface area contributed by atoms with E-state index in [0.29, 0.717) is 23.7 Å². The SMILES string of the molecule is NC(=NO)C1CN(C(=O)c2ccncc2Cl)CCO1. The van der Waals surface area contributed by atoms with Crippen molar-refractivity contribution in [2.45, 2.75) is 6.10 Å². The number of pyridine rings is 1. The van der Waals surface area contributed by atoms with E-state index in [1.165, 1.54) is 12.4 Å². The minimum absolute atomic E-state index is 0.0571. The van der Waals surface area contributed by atoms with E-state index < -0.39 is 6.10 Å². The zero-order valence-electron chi connectivity index (χ0n) is 9.99. The maximum absolute atomic E-state index is 12.3. The first kappa shape index (κ1) is 13.6. The molecule has 1 atom stereocenters. The Morgan fingerprint density at radius 2 is 2.47 bits per heavy atom. The van der Waals surface area contributed by atoms with Gasteiger partial charge in [-0.2, -0.15) is 0 Å². The molecule has 1 saturated heterocycles. The van der Waals surface area contributed by atoms with Crippen molar-refractivity contribution in [1.29, 1.82) is 0 Å². The number of aromatic nitrogens is 1. The number of hydrogen-bond acceptors (Lipinski definition) is 5. The summed E-state index contributed by atoms with van der Waals surface area (Å²) in [5.41, 5.74) is 5.85. The van der Waals surface area contributed by atoms with Gasteiger partial charge in [0.15, 0.2) is 5.84 Å². The number of amidine groups is 1. The Balaban J connectivity index is 2.14. The van der Waals surface area contributed by atoms with Crippen molar-refractivity contribution >= 4 is 23.3 Å². The van der Waals surface area contributed by atoms with Crippen LogP contribution in [0, 0.1) is 0 Å². The molecular formula is C11H13ClN4O3. The van der Waals surface area contributed by atoms with Gasteiger partial charge in [0.2, 0.25) is 0 Å². The van der Waals surface area contributed by atoms with Crippen molar-refractivity contribution in [1.82, 2.24) is 9.88 Å². The standard InChI is InChI=1S/C11H13ClN4O3/c12-8-5-14-2-1-7(8)11(17)16-3-4-19-9(6-16)10(13)15-18/h1-2,5,9,18H,3-4,6H2,(H2,13,15). The van der Waals surface area contributed by atoms with Gasteiger partial charge in [-0.25, -0.2) is 0 Å². The van der Waals surface area contributed by atoms with Crippen LogP contribution in [-0.2, 0) is 4.74 Å². The Kier molecular flexibility index (Phi) is 4.18. The van der Waals surface area contributed by atoms with Crippen LogP contribution < -0.4 is 5.73 Å². The number of ether oxygens (including phenoxy) is 1. The lowest BCUT2D eigenvalue weighted by Crippen LogP contribution is -2.50. The van der Waals surface area contributed by atoms with Crippen molar-refractivity contribution in [3.63, 3.8) is 0 Å². The van der Waals surface area contributed by atoms with E-state index in [-0.39, 0.29) is 18.3 Å². The summed E-state index contributed by atoms with van der Waals surface area (Å²) in [4.78, 5) is 17.7. The van der Waals surface area contributed by atoms with Gasteiger partial charge < -0.3 is 20.6 Å². The first-order valence-corrected chi connectivity index (χ1v) is 5.99. The third-order valence-electron chi connectivity index (χ3n) is 2.80. The molecule has 3 N–H and O–H groups in total. The topological polar surface area (TPSA) is 101 Å². The minimum atomic E-state index is -0.608. The van der Waals surface area contributed by atoms with E-state index in [4.69, 9.17) is 27.3 Å². The lowest BCUT2D eigenvalue weighted by Gasteiger charge is -2.32. The molecule has 1 unspecified atom stereocenters. The van der Waals surface area contributed by atoms with Gasteiger partial charge in [-0.1, -0.05) is 16.8 Å². The zero-order valence-corrected chi connectivity index (χ0v) is 10.7. The van der Waals surface area contributed by atoms with Gasteiger partial charge in [-0.05, 0) is 6.07 Å². The summed E-state index contributed by atoms with van der Waals surface area (Å²) in [5, 5.41) is 11.8. The second-order valence-electron chi connectivity index (χ2n) is 3.99. The maximum Gasteiger partial charge on any atom is 0.255 e. The fraction of sp³-hybridized carbons (Fsp3) is 0.364. The second kappa shape index (κ2) is 5.85. The second-order valence-corrected chi connectivity index (χ2v) is 4.40. The molecule has 1 aliphatic heterocycles. The molecule has 7 nitrogen and oxygen atoms in total. The van der Waals surface area contributed by atoms with Gasteiger partial charge in [0.1, 0.15) is 6.10 Å². The minimum Gasteiger partial charge on any atom is -0.409 e. The molecule has 1 aliphatic rings. The zero-order chi connectivity index (χ0) is 13.8. The molecule has 0 bridgehead atoms. The van der Waals surface area contributed by atoms with Crippen LogP contribution in [0.2, 0.25) is 5.02 Å². The van der Waals surface area contributed by atoms with Crippen LogP contribution in [-0.4, -0.2) is 52.6 Å². The Bertz CT molecular complexity index is 508. The summed E-state index contributed by atoms with van der Waals surface area (Å²) >= 11 is 5.93. The predicted molar refractivity (Wildman–Crippen MR) is 68.3 cm³/mol. The van der Waals surface area contributed by atoms with E-state index in [0.717, 1.165) is 0 Å². The Labute approximate surface area is 114 Å². The van der Waals surface area contributed by atoms with E-state index in [9.17, 15) is 4.79 Å². The van der Waals surface area contributed by atoms with Crippen LogP contribution in [0.15, 0.2) is 23.6 Å². The average molecular weight is 285 g/mol. The maximum atomic E-state index is 12.3. The highest BCUT2D eigenvalue weighted by Gasteiger charge is 2.28. The van der Waals surface area contributed by atoms with Crippen LogP contribution in [0.5, 0.6) is 0 Å². The highest BCUT2D eigenvalue weighted by Crippen LogP contribution is 2.17. The van der Waals surface area contributed by atoms with E-state index in [2.05, 4.69) is 10.1 Å². The van der Waals surface area contributed by atoms with Gasteiger partial charge in [-0.3, -0.25) is 9.78 Å². The fourth-order valence-electron chi connectivity index (χ4n) is 1.80. The number of carbonyl (C=O) groups is 1. The third kappa shape index (κ3) is 2.94. The number of halogens is 1. The van der Waals surface area contributed by atoms with Crippen LogP contribution in [0.1, 0.15) is 10.4 Å². The number of morpholine rings is 1. The van der Waals surface area contributed by atoms with Crippen molar-refractivity contribution in [2.75, 3.05) is 19.7 Å². The molecule has 8 heteroatoms. The van der Waals surface area contributed by atoms with Crippen molar-refractivity contribution in [3.05, 3.63) is 29.0 Å². The molecule has 0 spiro atoms. The molecule has 0 radical (unpaired) electrons. The summed E-state index contributed by atoms with van der Waals surface area (Å²) in [7, 11) is 0. The number of nitrogens with two attached hydrogens (primary N) is 1. The molecule has 2 heterocycles. The number of nitrogens with zero attached hydrogens (tertiary/aromatic N) is 3. The first-order valence-electron chi connectivity index (χ1n) is 5.61. The molecule has 19 heavy (non-hydrogen) atoms. The normalized spacial score (nSPS) is 20.4. The molecular weight excluding hydrogens is 272 g/mol. The smallest absolute Gasteiger partial charge is 0.255 e. The fourth-order valence-corrected chi connectivity index (χ4v) is 2.00. The average Bonchev–Trinajstić information content (AvgIpc) is 2.46. The van der Waals surface area contributed by atoms with Crippen LogP contribution in [0.4, 0.5) is 0 Å². The predicted octanol–water partition coefficient (Wildman–Crippen LogP) is 0.322. The molecule has 0 aliphatic carbocycles. The number of oxime groups is 1. The molecule has 2 rings (SSSR count). The molecule has 1 aromatic rings. The number of hydrogen-bond donors (Lipinski definition) is 2. The van der Waals surface area contributed by atoms with Gasteiger partial charge >= 0.3 is 0 Å². The van der Waals surface area contributed by atoms with Crippen molar-refractivity contribution < 1.29 is 14.7 Å². The first-order chi connectivity index (χ1) is 9.13. The Morgan fingerprint density at radius 1 is 1.68 bits per heavy atom. The molecule has 0 aromatic carbocycles. The largest absolute Gasteiger partial charge is 0.409 e. The number of rotatable bonds is 2.